The molecule has 0 atom stereocenters. The highest BCUT2D eigenvalue weighted by Crippen LogP contribution is 2.31. The van der Waals surface area contributed by atoms with E-state index in [0.29, 0.717) is 15.5 Å². The van der Waals surface area contributed by atoms with Crippen molar-refractivity contribution in [1.82, 2.24) is 4.31 Å². The summed E-state index contributed by atoms with van der Waals surface area (Å²) < 4.78 is 28.8. The number of anilines is 1. The summed E-state index contributed by atoms with van der Waals surface area (Å²) in [4.78, 5) is 11.3. The van der Waals surface area contributed by atoms with Crippen molar-refractivity contribution >= 4 is 53.7 Å². The third-order valence-electron chi connectivity index (χ3n) is 2.75. The third-order valence-corrected chi connectivity index (χ3v) is 5.30. The van der Waals surface area contributed by atoms with Gasteiger partial charge in [-0.15, -0.1) is 0 Å². The zero-order valence-corrected chi connectivity index (χ0v) is 15.5. The molecule has 0 amide bonds. The maximum absolute atomic E-state index is 12.2. The second-order valence-electron chi connectivity index (χ2n) is 4.40. The van der Waals surface area contributed by atoms with E-state index in [2.05, 4.69) is 36.6 Å². The fraction of sp³-hybridized carbons (Fsp3) is 0.417. The minimum atomic E-state index is -3.80. The largest absolute Gasteiger partial charge is 0.478 e. The molecule has 0 unspecified atom stereocenters. The van der Waals surface area contributed by atoms with Gasteiger partial charge in [0.2, 0.25) is 0 Å². The molecule has 0 radical (unpaired) electrons. The van der Waals surface area contributed by atoms with E-state index in [1.807, 2.05) is 6.92 Å². The molecule has 6 nitrogen and oxygen atoms in total. The first-order chi connectivity index (χ1) is 9.69. The zero-order chi connectivity index (χ0) is 16.2. The van der Waals surface area contributed by atoms with Crippen LogP contribution in [0.15, 0.2) is 21.1 Å². The van der Waals surface area contributed by atoms with Crippen molar-refractivity contribution in [3.63, 3.8) is 0 Å². The Balaban J connectivity index is 3.15. The van der Waals surface area contributed by atoms with E-state index in [0.717, 1.165) is 17.1 Å². The van der Waals surface area contributed by atoms with Gasteiger partial charge in [0.05, 0.1) is 11.3 Å². The van der Waals surface area contributed by atoms with Gasteiger partial charge in [-0.1, -0.05) is 29.3 Å². The van der Waals surface area contributed by atoms with Gasteiger partial charge in [0, 0.05) is 22.5 Å². The maximum atomic E-state index is 12.2. The SMILES string of the molecule is CCCCN(C)S(=O)(=O)Nc1c(Br)cc(Br)cc1C(=O)O. The van der Waals surface area contributed by atoms with Crippen LogP contribution in [0.1, 0.15) is 30.1 Å². The van der Waals surface area contributed by atoms with Crippen LogP contribution < -0.4 is 4.72 Å². The van der Waals surface area contributed by atoms with Crippen molar-refractivity contribution in [2.75, 3.05) is 18.3 Å². The van der Waals surface area contributed by atoms with Gasteiger partial charge in [0.1, 0.15) is 0 Å². The first-order valence-electron chi connectivity index (χ1n) is 6.15. The molecule has 1 aromatic rings. The molecule has 0 bridgehead atoms. The minimum absolute atomic E-state index is 0.00838. The molecule has 0 aliphatic rings. The predicted octanol–water partition coefficient (Wildman–Crippen LogP) is 3.30. The van der Waals surface area contributed by atoms with E-state index < -0.39 is 16.2 Å². The minimum Gasteiger partial charge on any atom is -0.478 e. The average molecular weight is 444 g/mol. The molecule has 2 N–H and O–H groups in total. The summed E-state index contributed by atoms with van der Waals surface area (Å²) >= 11 is 6.36. The Kier molecular flexibility index (Phi) is 6.64. The molecule has 0 saturated carbocycles. The lowest BCUT2D eigenvalue weighted by molar-refractivity contribution is 0.0698. The number of unbranched alkanes of at least 4 members (excludes halogenated alkanes) is 1. The second-order valence-corrected chi connectivity index (χ2v) is 7.95. The van der Waals surface area contributed by atoms with Crippen LogP contribution in [0.2, 0.25) is 0 Å². The number of hydrogen-bond donors (Lipinski definition) is 2. The van der Waals surface area contributed by atoms with Crippen LogP contribution >= 0.6 is 31.9 Å². The topological polar surface area (TPSA) is 86.7 Å². The molecule has 0 aliphatic heterocycles. The Hall–Kier alpha value is -0.640. The standard InChI is InChI=1S/C12H16Br2N2O4S/c1-3-4-5-16(2)21(19,20)15-11-9(12(17)18)6-8(13)7-10(11)14/h6-7,15H,3-5H2,1-2H3,(H,17,18). The fourth-order valence-corrected chi connectivity index (χ4v) is 4.01. The van der Waals surface area contributed by atoms with Crippen molar-refractivity contribution in [3.05, 3.63) is 26.6 Å². The molecule has 1 rings (SSSR count). The Morgan fingerprint density at radius 3 is 2.52 bits per heavy atom. The van der Waals surface area contributed by atoms with E-state index in [1.165, 1.54) is 13.1 Å². The molecule has 0 heterocycles. The zero-order valence-electron chi connectivity index (χ0n) is 11.6. The molecule has 0 aromatic heterocycles. The van der Waals surface area contributed by atoms with Gasteiger partial charge in [-0.2, -0.15) is 12.7 Å². The van der Waals surface area contributed by atoms with Gasteiger partial charge < -0.3 is 5.11 Å². The predicted molar refractivity (Wildman–Crippen MR) is 88.9 cm³/mol. The monoisotopic (exact) mass is 442 g/mol. The van der Waals surface area contributed by atoms with Crippen LogP contribution in [0, 0.1) is 0 Å². The Morgan fingerprint density at radius 1 is 1.38 bits per heavy atom. The number of aromatic carboxylic acids is 1. The van der Waals surface area contributed by atoms with E-state index in [-0.39, 0.29) is 11.3 Å². The summed E-state index contributed by atoms with van der Waals surface area (Å²) in [5.41, 5.74) is -0.127. The van der Waals surface area contributed by atoms with Crippen LogP contribution in [-0.2, 0) is 10.2 Å². The number of benzene rings is 1. The summed E-state index contributed by atoms with van der Waals surface area (Å²) in [7, 11) is -2.35. The first kappa shape index (κ1) is 18.4. The molecule has 0 aliphatic carbocycles. The second kappa shape index (κ2) is 7.57. The Bertz CT molecular complexity index is 634. The highest BCUT2D eigenvalue weighted by molar-refractivity contribution is 9.11. The van der Waals surface area contributed by atoms with E-state index in [1.54, 1.807) is 6.07 Å². The Labute approximate surface area is 141 Å². The number of nitrogens with one attached hydrogen (secondary N) is 1. The normalized spacial score (nSPS) is 11.7. The molecule has 0 saturated heterocycles. The summed E-state index contributed by atoms with van der Waals surface area (Å²) in [6.45, 7) is 2.32. The van der Waals surface area contributed by atoms with Crippen molar-refractivity contribution in [2.45, 2.75) is 19.8 Å². The first-order valence-corrected chi connectivity index (χ1v) is 9.18. The smallest absolute Gasteiger partial charge is 0.337 e. The summed E-state index contributed by atoms with van der Waals surface area (Å²) in [6, 6.07) is 2.92. The Morgan fingerprint density at radius 2 is 2.00 bits per heavy atom. The van der Waals surface area contributed by atoms with Gasteiger partial charge in [-0.3, -0.25) is 4.72 Å². The molecule has 9 heteroatoms. The van der Waals surface area contributed by atoms with Crippen molar-refractivity contribution in [1.29, 1.82) is 0 Å². The number of halogens is 2. The van der Waals surface area contributed by atoms with Crippen molar-refractivity contribution in [3.8, 4) is 0 Å². The van der Waals surface area contributed by atoms with Crippen LogP contribution in [0.3, 0.4) is 0 Å². The lowest BCUT2D eigenvalue weighted by Gasteiger charge is -2.19. The molecule has 0 fully saturated rings. The van der Waals surface area contributed by atoms with Crippen LogP contribution in [0.25, 0.3) is 0 Å². The van der Waals surface area contributed by atoms with Crippen LogP contribution in [0.4, 0.5) is 5.69 Å². The van der Waals surface area contributed by atoms with Gasteiger partial charge in [0.25, 0.3) is 0 Å². The maximum Gasteiger partial charge on any atom is 0.337 e. The number of nitrogens with zero attached hydrogens (tertiary/aromatic N) is 1. The van der Waals surface area contributed by atoms with E-state index in [4.69, 9.17) is 0 Å². The van der Waals surface area contributed by atoms with Crippen molar-refractivity contribution in [2.24, 2.45) is 0 Å². The molecular formula is C12H16Br2N2O4S. The lowest BCUT2D eigenvalue weighted by Crippen LogP contribution is -2.33. The molecule has 1 aromatic carbocycles. The molecule has 118 valence electrons. The third kappa shape index (κ3) is 4.94. The summed E-state index contributed by atoms with van der Waals surface area (Å²) in [6.07, 6.45) is 1.59. The highest BCUT2D eigenvalue weighted by atomic mass is 79.9. The van der Waals surface area contributed by atoms with Gasteiger partial charge >= 0.3 is 16.2 Å². The fourth-order valence-electron chi connectivity index (χ4n) is 1.55. The average Bonchev–Trinajstić information content (AvgIpc) is 2.38. The summed E-state index contributed by atoms with van der Waals surface area (Å²) in [5, 5.41) is 9.20. The number of carboxylic acid groups (broad SMARTS) is 1. The number of rotatable bonds is 7. The van der Waals surface area contributed by atoms with Gasteiger partial charge in [-0.25, -0.2) is 4.79 Å². The van der Waals surface area contributed by atoms with Gasteiger partial charge in [0.15, 0.2) is 0 Å². The summed E-state index contributed by atoms with van der Waals surface area (Å²) in [5.74, 6) is -1.22. The number of carbonyl (C=O) groups is 1. The van der Waals surface area contributed by atoms with Crippen LogP contribution in [-0.4, -0.2) is 37.4 Å². The molecular weight excluding hydrogens is 428 g/mol. The molecule has 21 heavy (non-hydrogen) atoms. The lowest BCUT2D eigenvalue weighted by atomic mass is 10.2. The van der Waals surface area contributed by atoms with Crippen LogP contribution in [0.5, 0.6) is 0 Å². The highest BCUT2D eigenvalue weighted by Gasteiger charge is 2.22. The van der Waals surface area contributed by atoms with Gasteiger partial charge in [-0.05, 0) is 34.5 Å². The van der Waals surface area contributed by atoms with E-state index >= 15 is 0 Å². The quantitative estimate of drug-likeness (QED) is 0.676. The number of carboxylic acids is 1. The van der Waals surface area contributed by atoms with E-state index in [9.17, 15) is 18.3 Å². The molecule has 0 spiro atoms. The van der Waals surface area contributed by atoms with Crippen molar-refractivity contribution < 1.29 is 18.3 Å². The number of hydrogen-bond acceptors (Lipinski definition) is 3.